The largest absolute Gasteiger partial charge is 0.465 e. The number of nitrogens with two attached hydrogens (primary N) is 1. The van der Waals surface area contributed by atoms with Crippen molar-refractivity contribution in [2.24, 2.45) is 5.73 Å². The molecule has 1 saturated carbocycles. The van der Waals surface area contributed by atoms with Crippen molar-refractivity contribution in [2.75, 3.05) is 6.61 Å². The normalized spacial score (nSPS) is 25.9. The van der Waals surface area contributed by atoms with Crippen molar-refractivity contribution in [1.82, 2.24) is 9.78 Å². The van der Waals surface area contributed by atoms with Gasteiger partial charge in [0.15, 0.2) is 0 Å². The van der Waals surface area contributed by atoms with Gasteiger partial charge in [0.25, 0.3) is 0 Å². The minimum absolute atomic E-state index is 0.208. The predicted octanol–water partition coefficient (Wildman–Crippen LogP) is 1.99. The summed E-state index contributed by atoms with van der Waals surface area (Å²) in [6.45, 7) is 6.42. The highest BCUT2D eigenvalue weighted by Crippen LogP contribution is 2.37. The average Bonchev–Trinajstić information content (AvgIpc) is 3.03. The fourth-order valence-corrected chi connectivity index (χ4v) is 2.96. The van der Waals surface area contributed by atoms with Crippen molar-refractivity contribution < 1.29 is 9.53 Å². The number of ether oxygens (including phenoxy) is 1. The molecule has 2 rings (SSSR count). The molecule has 0 aliphatic heterocycles. The van der Waals surface area contributed by atoms with Crippen molar-refractivity contribution in [2.45, 2.75) is 64.5 Å². The molecule has 1 aliphatic rings. The molecule has 1 aliphatic carbocycles. The monoisotopic (exact) mass is 279 g/mol. The van der Waals surface area contributed by atoms with E-state index in [1.807, 2.05) is 6.92 Å². The van der Waals surface area contributed by atoms with Gasteiger partial charge in [-0.3, -0.25) is 9.48 Å². The second-order valence-electron chi connectivity index (χ2n) is 5.55. The smallest absolute Gasteiger partial charge is 0.326 e. The number of hydrogen-bond acceptors (Lipinski definition) is 4. The maximum Gasteiger partial charge on any atom is 0.326 e. The molecule has 112 valence electrons. The Kier molecular flexibility index (Phi) is 4.48. The third kappa shape index (κ3) is 2.73. The Labute approximate surface area is 120 Å². The average molecular weight is 279 g/mol. The topological polar surface area (TPSA) is 70.1 Å². The first-order valence-corrected chi connectivity index (χ1v) is 7.57. The van der Waals surface area contributed by atoms with Gasteiger partial charge < -0.3 is 10.5 Å². The van der Waals surface area contributed by atoms with Gasteiger partial charge in [-0.25, -0.2) is 0 Å². The van der Waals surface area contributed by atoms with E-state index in [2.05, 4.69) is 29.7 Å². The number of nitrogens with zero attached hydrogens (tertiary/aromatic N) is 2. The molecule has 2 unspecified atom stereocenters. The zero-order valence-corrected chi connectivity index (χ0v) is 12.7. The highest BCUT2D eigenvalue weighted by Gasteiger charge is 2.44. The summed E-state index contributed by atoms with van der Waals surface area (Å²) in [5.74, 6) is -0.275. The van der Waals surface area contributed by atoms with E-state index in [-0.39, 0.29) is 12.0 Å². The van der Waals surface area contributed by atoms with Crippen LogP contribution in [-0.2, 0) is 22.4 Å². The van der Waals surface area contributed by atoms with E-state index >= 15 is 0 Å². The van der Waals surface area contributed by atoms with Crippen LogP contribution in [0.4, 0.5) is 0 Å². The molecule has 0 spiro atoms. The van der Waals surface area contributed by atoms with Crippen LogP contribution in [0.2, 0.25) is 0 Å². The number of rotatable bonds is 5. The van der Waals surface area contributed by atoms with Crippen LogP contribution in [0, 0.1) is 0 Å². The number of aryl methyl sites for hydroxylation is 2. The number of esters is 1. The van der Waals surface area contributed by atoms with E-state index in [1.54, 1.807) is 0 Å². The van der Waals surface area contributed by atoms with Crippen molar-refractivity contribution in [1.29, 1.82) is 0 Å². The molecule has 5 heteroatoms. The predicted molar refractivity (Wildman–Crippen MR) is 77.4 cm³/mol. The summed E-state index contributed by atoms with van der Waals surface area (Å²) in [5, 5.41) is 4.66. The molecule has 0 aromatic carbocycles. The molecule has 1 aromatic heterocycles. The summed E-state index contributed by atoms with van der Waals surface area (Å²) in [6.07, 6.45) is 4.04. The molecule has 2 N–H and O–H groups in total. The molecule has 0 amide bonds. The summed E-state index contributed by atoms with van der Waals surface area (Å²) in [5.41, 5.74) is 7.71. The first kappa shape index (κ1) is 15.0. The molecule has 20 heavy (non-hydrogen) atoms. The third-order valence-corrected chi connectivity index (χ3v) is 4.14. The van der Waals surface area contributed by atoms with Gasteiger partial charge in [-0.05, 0) is 45.1 Å². The zero-order valence-electron chi connectivity index (χ0n) is 12.7. The molecule has 1 aromatic rings. The van der Waals surface area contributed by atoms with Gasteiger partial charge in [-0.15, -0.1) is 0 Å². The minimum atomic E-state index is -0.843. The van der Waals surface area contributed by atoms with Gasteiger partial charge in [0.2, 0.25) is 0 Å². The highest BCUT2D eigenvalue weighted by molar-refractivity contribution is 5.81. The van der Waals surface area contributed by atoms with Crippen LogP contribution in [0.1, 0.15) is 57.5 Å². The highest BCUT2D eigenvalue weighted by atomic mass is 16.5. The first-order chi connectivity index (χ1) is 9.54. The summed E-state index contributed by atoms with van der Waals surface area (Å²) < 4.78 is 7.18. The SMILES string of the molecule is CCOC(=O)C1(N)CCC(n2nc(CC)cc2CC)C1. The molecule has 2 atom stereocenters. The van der Waals surface area contributed by atoms with E-state index in [0.717, 1.165) is 25.0 Å². The van der Waals surface area contributed by atoms with E-state index in [9.17, 15) is 4.79 Å². The second kappa shape index (κ2) is 5.95. The summed E-state index contributed by atoms with van der Waals surface area (Å²) >= 11 is 0. The molecule has 0 radical (unpaired) electrons. The second-order valence-corrected chi connectivity index (χ2v) is 5.55. The maximum atomic E-state index is 12.0. The Morgan fingerprint density at radius 1 is 1.50 bits per heavy atom. The Morgan fingerprint density at radius 3 is 2.85 bits per heavy atom. The van der Waals surface area contributed by atoms with Crippen LogP contribution in [0.15, 0.2) is 6.07 Å². The Balaban J connectivity index is 2.16. The van der Waals surface area contributed by atoms with Gasteiger partial charge in [-0.1, -0.05) is 13.8 Å². The van der Waals surface area contributed by atoms with Crippen molar-refractivity contribution >= 4 is 5.97 Å². The molecule has 5 nitrogen and oxygen atoms in total. The van der Waals surface area contributed by atoms with Gasteiger partial charge in [-0.2, -0.15) is 5.10 Å². The lowest BCUT2D eigenvalue weighted by atomic mass is 9.99. The van der Waals surface area contributed by atoms with E-state index in [1.165, 1.54) is 5.69 Å². The van der Waals surface area contributed by atoms with Gasteiger partial charge in [0.05, 0.1) is 18.3 Å². The lowest BCUT2D eigenvalue weighted by molar-refractivity contribution is -0.149. The number of carbonyl (C=O) groups is 1. The minimum Gasteiger partial charge on any atom is -0.465 e. The van der Waals surface area contributed by atoms with Gasteiger partial charge >= 0.3 is 5.97 Å². The van der Waals surface area contributed by atoms with Gasteiger partial charge in [0, 0.05) is 5.69 Å². The quantitative estimate of drug-likeness (QED) is 0.837. The fraction of sp³-hybridized carbons (Fsp3) is 0.733. The number of aromatic nitrogens is 2. The summed E-state index contributed by atoms with van der Waals surface area (Å²) in [4.78, 5) is 12.0. The first-order valence-electron chi connectivity index (χ1n) is 7.57. The standard InChI is InChI=1S/C15H25N3O2/c1-4-11-9-12(5-2)18(17-11)13-7-8-15(16,10-13)14(19)20-6-3/h9,13H,4-8,10,16H2,1-3H3. The van der Waals surface area contributed by atoms with Crippen LogP contribution >= 0.6 is 0 Å². The van der Waals surface area contributed by atoms with Gasteiger partial charge in [0.1, 0.15) is 5.54 Å². The Hall–Kier alpha value is -1.36. The molecular formula is C15H25N3O2. The van der Waals surface area contributed by atoms with Crippen molar-refractivity contribution in [3.8, 4) is 0 Å². The zero-order chi connectivity index (χ0) is 14.8. The van der Waals surface area contributed by atoms with E-state index < -0.39 is 5.54 Å². The van der Waals surface area contributed by atoms with Crippen molar-refractivity contribution in [3.63, 3.8) is 0 Å². The summed E-state index contributed by atoms with van der Waals surface area (Å²) in [6, 6.07) is 2.36. The molecule has 1 heterocycles. The molecule has 0 bridgehead atoms. The number of hydrogen-bond donors (Lipinski definition) is 1. The van der Waals surface area contributed by atoms with E-state index in [0.29, 0.717) is 19.4 Å². The Bertz CT molecular complexity index is 483. The number of carbonyl (C=O) groups excluding carboxylic acids is 1. The van der Waals surface area contributed by atoms with Crippen LogP contribution in [-0.4, -0.2) is 27.9 Å². The third-order valence-electron chi connectivity index (χ3n) is 4.14. The van der Waals surface area contributed by atoms with Crippen LogP contribution in [0.3, 0.4) is 0 Å². The van der Waals surface area contributed by atoms with Crippen LogP contribution in [0.25, 0.3) is 0 Å². The molecule has 1 fully saturated rings. The Morgan fingerprint density at radius 2 is 2.25 bits per heavy atom. The fourth-order valence-electron chi connectivity index (χ4n) is 2.96. The lowest BCUT2D eigenvalue weighted by Crippen LogP contribution is -2.47. The maximum absolute atomic E-state index is 12.0. The summed E-state index contributed by atoms with van der Waals surface area (Å²) in [7, 11) is 0. The van der Waals surface area contributed by atoms with Crippen LogP contribution in [0.5, 0.6) is 0 Å². The lowest BCUT2D eigenvalue weighted by Gasteiger charge is -2.22. The van der Waals surface area contributed by atoms with Crippen LogP contribution < -0.4 is 5.73 Å². The molecule has 0 saturated heterocycles. The van der Waals surface area contributed by atoms with E-state index in [4.69, 9.17) is 10.5 Å². The van der Waals surface area contributed by atoms with Crippen molar-refractivity contribution in [3.05, 3.63) is 17.5 Å². The molecular weight excluding hydrogens is 254 g/mol.